The fourth-order valence-electron chi connectivity index (χ4n) is 4.67. The minimum atomic E-state index is -1.09. The second-order valence-electron chi connectivity index (χ2n) is 7.73. The molecule has 0 bridgehead atoms. The predicted molar refractivity (Wildman–Crippen MR) is 105 cm³/mol. The molecule has 154 valence electrons. The molecule has 3 heterocycles. The summed E-state index contributed by atoms with van der Waals surface area (Å²) in [5.74, 6) is -0.560. The Bertz CT molecular complexity index is 973. The second-order valence-corrected chi connectivity index (χ2v) is 7.73. The van der Waals surface area contributed by atoms with Crippen molar-refractivity contribution in [3.05, 3.63) is 24.6 Å². The van der Waals surface area contributed by atoms with E-state index in [9.17, 15) is 19.5 Å². The number of carbonyl (C=O) groups excluding carboxylic acids is 2. The highest BCUT2D eigenvalue weighted by atomic mass is 16.4. The molecule has 29 heavy (non-hydrogen) atoms. The van der Waals surface area contributed by atoms with E-state index in [0.29, 0.717) is 23.2 Å². The third-order valence-corrected chi connectivity index (χ3v) is 6.18. The van der Waals surface area contributed by atoms with E-state index in [1.54, 1.807) is 23.1 Å². The van der Waals surface area contributed by atoms with Gasteiger partial charge in [0.15, 0.2) is 12.0 Å². The Morgan fingerprint density at radius 3 is 2.90 bits per heavy atom. The molecule has 2 aliphatic heterocycles. The van der Waals surface area contributed by atoms with E-state index < -0.39 is 17.7 Å². The molecular weight excluding hydrogens is 376 g/mol. The normalized spacial score (nSPS) is 24.9. The van der Waals surface area contributed by atoms with Crippen LogP contribution in [-0.4, -0.2) is 63.6 Å². The predicted octanol–water partition coefficient (Wildman–Crippen LogP) is 3.16. The molecule has 2 unspecified atom stereocenters. The number of carboxylic acid groups (broad SMARTS) is 1. The average Bonchev–Trinajstić information content (AvgIpc) is 3.25. The van der Waals surface area contributed by atoms with Gasteiger partial charge in [0, 0.05) is 31.7 Å². The molecule has 1 spiro atoms. The van der Waals surface area contributed by atoms with E-state index in [-0.39, 0.29) is 31.3 Å². The van der Waals surface area contributed by atoms with E-state index in [4.69, 9.17) is 4.42 Å². The largest absolute Gasteiger partial charge is 0.465 e. The molecule has 4 amide bonds. The van der Waals surface area contributed by atoms with Gasteiger partial charge in [0.05, 0.1) is 0 Å². The number of benzene rings is 1. The lowest BCUT2D eigenvalue weighted by atomic mass is 9.73. The number of hydrogen-bond donors (Lipinski definition) is 1. The third-order valence-electron chi connectivity index (χ3n) is 6.18. The van der Waals surface area contributed by atoms with Crippen molar-refractivity contribution in [1.29, 1.82) is 0 Å². The van der Waals surface area contributed by atoms with Crippen LogP contribution in [0.25, 0.3) is 11.1 Å². The third kappa shape index (κ3) is 2.83. The summed E-state index contributed by atoms with van der Waals surface area (Å²) >= 11 is 0. The van der Waals surface area contributed by atoms with Gasteiger partial charge in [-0.2, -0.15) is 0 Å². The van der Waals surface area contributed by atoms with Gasteiger partial charge in [0.1, 0.15) is 11.1 Å². The van der Waals surface area contributed by atoms with Crippen molar-refractivity contribution in [1.82, 2.24) is 14.8 Å². The van der Waals surface area contributed by atoms with Crippen LogP contribution in [0.5, 0.6) is 0 Å². The molecule has 0 saturated carbocycles. The highest BCUT2D eigenvalue weighted by molar-refractivity contribution is 6.17. The number of likely N-dealkylation sites (tertiary alicyclic amines) is 1. The van der Waals surface area contributed by atoms with Crippen LogP contribution in [0.1, 0.15) is 32.6 Å². The number of fused-ring (bicyclic) bond motifs is 1. The van der Waals surface area contributed by atoms with Gasteiger partial charge in [-0.15, -0.1) is 0 Å². The lowest BCUT2D eigenvalue weighted by Gasteiger charge is -2.47. The highest BCUT2D eigenvalue weighted by Gasteiger charge is 2.62. The van der Waals surface area contributed by atoms with E-state index in [0.717, 1.165) is 17.7 Å². The summed E-state index contributed by atoms with van der Waals surface area (Å²) in [6.07, 6.45) is 3.03. The number of amides is 4. The lowest BCUT2D eigenvalue weighted by Crippen LogP contribution is -2.63. The Morgan fingerprint density at radius 2 is 2.17 bits per heavy atom. The number of anilines is 1. The number of imide groups is 1. The summed E-state index contributed by atoms with van der Waals surface area (Å²) in [5.41, 5.74) is 0.668. The fraction of sp³-hybridized carbons (Fsp3) is 0.500. The molecule has 0 aliphatic carbocycles. The maximum atomic E-state index is 13.4. The molecule has 0 radical (unpaired) electrons. The summed E-state index contributed by atoms with van der Waals surface area (Å²) in [6.45, 7) is 2.48. The topological polar surface area (TPSA) is 107 Å². The number of nitrogens with zero attached hydrogens (tertiary/aromatic N) is 4. The van der Waals surface area contributed by atoms with E-state index in [1.165, 1.54) is 18.3 Å². The Labute approximate surface area is 167 Å². The minimum absolute atomic E-state index is 0.202. The molecule has 2 aromatic rings. The van der Waals surface area contributed by atoms with Crippen molar-refractivity contribution in [2.24, 2.45) is 5.92 Å². The number of oxazole rings is 1. The van der Waals surface area contributed by atoms with Crippen LogP contribution in [-0.2, 0) is 4.79 Å². The zero-order valence-corrected chi connectivity index (χ0v) is 16.5. The Kier molecular flexibility index (Phi) is 4.68. The number of likely N-dealkylation sites (N-methyl/N-ethyl adjacent to an activating group) is 1. The summed E-state index contributed by atoms with van der Waals surface area (Å²) in [5, 5.41) is 9.49. The van der Waals surface area contributed by atoms with Crippen LogP contribution >= 0.6 is 0 Å². The molecule has 2 fully saturated rings. The van der Waals surface area contributed by atoms with Crippen molar-refractivity contribution >= 4 is 34.8 Å². The molecule has 2 atom stereocenters. The van der Waals surface area contributed by atoms with Crippen LogP contribution in [0.15, 0.2) is 29.0 Å². The zero-order chi connectivity index (χ0) is 20.8. The quantitative estimate of drug-likeness (QED) is 0.790. The first-order valence-electron chi connectivity index (χ1n) is 9.83. The lowest BCUT2D eigenvalue weighted by molar-refractivity contribution is -0.133. The summed E-state index contributed by atoms with van der Waals surface area (Å²) in [7, 11) is 1.49. The minimum Gasteiger partial charge on any atom is -0.465 e. The smallest absolute Gasteiger partial charge is 0.407 e. The van der Waals surface area contributed by atoms with E-state index in [2.05, 4.69) is 11.9 Å². The molecule has 1 aromatic carbocycles. The maximum absolute atomic E-state index is 13.4. The number of carbonyl (C=O) groups is 3. The van der Waals surface area contributed by atoms with Crippen molar-refractivity contribution in [2.75, 3.05) is 25.0 Å². The molecule has 9 nitrogen and oxygen atoms in total. The van der Waals surface area contributed by atoms with Crippen LogP contribution in [0.3, 0.4) is 0 Å². The van der Waals surface area contributed by atoms with Gasteiger partial charge in [0.25, 0.3) is 5.91 Å². The second kappa shape index (κ2) is 7.06. The molecule has 2 aliphatic rings. The first-order valence-corrected chi connectivity index (χ1v) is 9.83. The number of aromatic nitrogens is 1. The van der Waals surface area contributed by atoms with Crippen molar-refractivity contribution in [3.8, 4) is 0 Å². The zero-order valence-electron chi connectivity index (χ0n) is 16.5. The number of rotatable bonds is 4. The van der Waals surface area contributed by atoms with Crippen molar-refractivity contribution in [3.63, 3.8) is 0 Å². The van der Waals surface area contributed by atoms with Gasteiger partial charge in [-0.1, -0.05) is 19.8 Å². The molecule has 2 saturated heterocycles. The van der Waals surface area contributed by atoms with E-state index in [1.807, 2.05) is 0 Å². The van der Waals surface area contributed by atoms with Gasteiger partial charge < -0.3 is 14.4 Å². The summed E-state index contributed by atoms with van der Waals surface area (Å²) in [4.78, 5) is 46.4. The summed E-state index contributed by atoms with van der Waals surface area (Å²) in [6, 6.07) is 4.82. The first kappa shape index (κ1) is 19.2. The number of urea groups is 1. The van der Waals surface area contributed by atoms with Crippen LogP contribution in [0, 0.1) is 5.92 Å². The van der Waals surface area contributed by atoms with Crippen LogP contribution in [0.2, 0.25) is 0 Å². The Balaban J connectivity index is 1.82. The van der Waals surface area contributed by atoms with Gasteiger partial charge in [-0.3, -0.25) is 14.6 Å². The van der Waals surface area contributed by atoms with Crippen LogP contribution < -0.4 is 4.90 Å². The van der Waals surface area contributed by atoms with Gasteiger partial charge in [0.2, 0.25) is 0 Å². The molecule has 4 rings (SSSR count). The highest BCUT2D eigenvalue weighted by Crippen LogP contribution is 2.45. The molecule has 9 heteroatoms. The number of piperidine rings is 1. The van der Waals surface area contributed by atoms with Gasteiger partial charge in [-0.25, -0.2) is 14.6 Å². The van der Waals surface area contributed by atoms with E-state index >= 15 is 0 Å². The standard InChI is InChI=1S/C20H24N4O5/c1-3-4-5-13-11-23(19(27)28)9-8-20(13)17(25)22(2)18(26)24(20)14-6-7-16-15(10-14)21-12-29-16/h6-7,10,12-13H,3-5,8-9,11H2,1-2H3,(H,27,28). The summed E-state index contributed by atoms with van der Waals surface area (Å²) < 4.78 is 5.29. The Morgan fingerprint density at radius 1 is 1.38 bits per heavy atom. The number of unbranched alkanes of at least 4 members (excludes halogenated alkanes) is 1. The maximum Gasteiger partial charge on any atom is 0.407 e. The van der Waals surface area contributed by atoms with Crippen molar-refractivity contribution in [2.45, 2.75) is 38.1 Å². The van der Waals surface area contributed by atoms with Gasteiger partial charge >= 0.3 is 12.1 Å². The Hall–Kier alpha value is -3.10. The molecular formula is C20H24N4O5. The fourth-order valence-corrected chi connectivity index (χ4v) is 4.67. The van der Waals surface area contributed by atoms with Crippen molar-refractivity contribution < 1.29 is 23.9 Å². The van der Waals surface area contributed by atoms with Crippen LogP contribution in [0.4, 0.5) is 15.3 Å². The average molecular weight is 400 g/mol. The van der Waals surface area contributed by atoms with Gasteiger partial charge in [-0.05, 0) is 31.0 Å². The molecule has 1 aromatic heterocycles. The molecule has 1 N–H and O–H groups in total. The monoisotopic (exact) mass is 400 g/mol. The number of hydrogen-bond acceptors (Lipinski definition) is 5. The SMILES string of the molecule is CCCCC1CN(C(=O)O)CCC12C(=O)N(C)C(=O)N2c1ccc2ocnc2c1. The first-order chi connectivity index (χ1) is 13.9.